The minimum absolute atomic E-state index is 0.00834. The summed E-state index contributed by atoms with van der Waals surface area (Å²) in [5.41, 5.74) is 7.70. The maximum absolute atomic E-state index is 13.0. The molecule has 0 spiro atoms. The van der Waals surface area contributed by atoms with Crippen molar-refractivity contribution >= 4 is 70.3 Å². The SMILES string of the molecule is C=C1CC1(CC[C@H](NC(=O)c1ccc(NCc2cnc3nc(N)[nH]c(=O)c3n2)cc1)C(=O)O)NCCOCCOC/C(C=NCCOCCOCCNC(=O)CCCC[C@@H]1SCC2NC(=O)N(C)C21)=N/N. The standard InChI is InChI=1S/C46H66N14O10S/c1-29-23-46(29,12-11-34(43(64)65)55-41(62)30-7-9-31(10-8-30)51-25-32-26-52-40-38(54-32)42(63)58-44(47)57-40)53-15-18-69-21-22-70-27-33(59-48)24-49-13-16-67-19-20-68-17-14-50-37(61)6-4-3-5-36-39-35(28-71-36)56-45(66)60(39)2/h7-10,24,26,34-36,39,51,53H,1,3-6,11-23,25,27-28,48H2,2H3,(H,50,61)(H,55,62)(H,56,66)(H,64,65)(H3,47,52,57,58,63)/b49-24?,59-33+/t34-,35?,36-,39?,46?/m0/s1. The molecule has 4 heterocycles. The molecule has 0 bridgehead atoms. The highest BCUT2D eigenvalue weighted by atomic mass is 32.2. The summed E-state index contributed by atoms with van der Waals surface area (Å²) in [7, 11) is 1.86. The van der Waals surface area contributed by atoms with Gasteiger partial charge in [0, 0.05) is 60.6 Å². The zero-order valence-electron chi connectivity index (χ0n) is 40.0. The van der Waals surface area contributed by atoms with E-state index in [1.54, 1.807) is 24.3 Å². The van der Waals surface area contributed by atoms with Crippen LogP contribution in [0.4, 0.5) is 16.4 Å². The molecule has 4 amide bonds. The fourth-order valence-electron chi connectivity index (χ4n) is 8.18. The molecule has 25 heteroatoms. The van der Waals surface area contributed by atoms with Crippen LogP contribution in [0.5, 0.6) is 0 Å². The average molecular weight is 1010 g/mol. The fraction of sp³-hybridized carbons (Fsp3) is 0.565. The third kappa shape index (κ3) is 16.7. The highest BCUT2D eigenvalue weighted by Gasteiger charge is 2.47. The average Bonchev–Trinajstić information content (AvgIpc) is 3.66. The van der Waals surface area contributed by atoms with Crippen LogP contribution in [0.3, 0.4) is 0 Å². The molecule has 71 heavy (non-hydrogen) atoms. The van der Waals surface area contributed by atoms with Crippen molar-refractivity contribution in [2.24, 2.45) is 15.9 Å². The Morgan fingerprint density at radius 2 is 1.77 bits per heavy atom. The quantitative estimate of drug-likeness (QED) is 0.0102. The van der Waals surface area contributed by atoms with Crippen LogP contribution in [-0.2, 0) is 35.1 Å². The van der Waals surface area contributed by atoms with Crippen LogP contribution in [0.2, 0.25) is 0 Å². The Labute approximate surface area is 415 Å². The zero-order valence-corrected chi connectivity index (χ0v) is 40.8. The highest BCUT2D eigenvalue weighted by molar-refractivity contribution is 8.00. The lowest BCUT2D eigenvalue weighted by atomic mass is 10.0. The summed E-state index contributed by atoms with van der Waals surface area (Å²) >= 11 is 1.91. The number of thioether (sulfide) groups is 1. The van der Waals surface area contributed by atoms with E-state index >= 15 is 0 Å². The number of aromatic amines is 1. The summed E-state index contributed by atoms with van der Waals surface area (Å²) in [6.45, 7) is 8.42. The number of aromatic nitrogens is 4. The molecule has 2 saturated heterocycles. The minimum Gasteiger partial charge on any atom is -0.480 e. The van der Waals surface area contributed by atoms with Crippen molar-refractivity contribution in [3.05, 3.63) is 64.2 Å². The van der Waals surface area contributed by atoms with Crippen LogP contribution in [0.15, 0.2) is 57.5 Å². The Kier molecular flexibility index (Phi) is 20.9. The van der Waals surface area contributed by atoms with Gasteiger partial charge in [0.05, 0.1) is 89.9 Å². The molecule has 1 aromatic carbocycles. The number of hydrazone groups is 1. The molecule has 3 unspecified atom stereocenters. The van der Waals surface area contributed by atoms with Crippen LogP contribution >= 0.6 is 11.8 Å². The molecule has 2 aromatic heterocycles. The summed E-state index contributed by atoms with van der Waals surface area (Å²) in [5, 5.41) is 29.2. The Bertz CT molecular complexity index is 2410. The summed E-state index contributed by atoms with van der Waals surface area (Å²) in [4.78, 5) is 82.3. The number of aliphatic carboxylic acids is 1. The number of carbonyl (C=O) groups is 4. The lowest BCUT2D eigenvalue weighted by Gasteiger charge is -2.23. The number of carboxylic acids is 1. The maximum atomic E-state index is 13.0. The number of carbonyl (C=O) groups excluding carboxylic acids is 3. The van der Waals surface area contributed by atoms with Crippen LogP contribution in [0.25, 0.3) is 11.2 Å². The van der Waals surface area contributed by atoms with E-state index in [2.05, 4.69) is 63.2 Å². The van der Waals surface area contributed by atoms with Crippen molar-refractivity contribution in [3.63, 3.8) is 0 Å². The number of unbranched alkanes of at least 4 members (excludes halogenated alkanes) is 1. The lowest BCUT2D eigenvalue weighted by molar-refractivity contribution is -0.139. The summed E-state index contributed by atoms with van der Waals surface area (Å²) in [5.74, 6) is 4.75. The predicted octanol–water partition coefficient (Wildman–Crippen LogP) is 0.795. The van der Waals surface area contributed by atoms with Crippen LogP contribution < -0.4 is 43.7 Å². The zero-order chi connectivity index (χ0) is 50.6. The molecule has 3 aliphatic rings. The first-order chi connectivity index (χ1) is 34.4. The van der Waals surface area contributed by atoms with Gasteiger partial charge in [0.25, 0.3) is 11.5 Å². The Hall–Kier alpha value is -6.25. The van der Waals surface area contributed by atoms with Gasteiger partial charge in [0.2, 0.25) is 11.9 Å². The number of nitrogens with zero attached hydrogens (tertiary/aromatic N) is 6. The molecule has 3 aromatic rings. The van der Waals surface area contributed by atoms with E-state index in [1.807, 2.05) is 23.7 Å². The molecule has 1 aliphatic carbocycles. The number of anilines is 2. The molecule has 3 fully saturated rings. The number of carboxylic acid groups (broad SMARTS) is 1. The second-order valence-electron chi connectivity index (χ2n) is 17.3. The largest absolute Gasteiger partial charge is 0.480 e. The first kappa shape index (κ1) is 54.1. The first-order valence-corrected chi connectivity index (χ1v) is 24.7. The number of fused-ring (bicyclic) bond motifs is 2. The lowest BCUT2D eigenvalue weighted by Crippen LogP contribution is -2.43. The molecule has 6 rings (SSSR count). The topological polar surface area (TPSA) is 337 Å². The number of likely N-dealkylation sites (N-methyl/N-ethyl adjacent to an activating group) is 1. The number of nitrogen functional groups attached to an aromatic ring is 1. The minimum atomic E-state index is -1.14. The van der Waals surface area contributed by atoms with Crippen molar-refractivity contribution in [2.45, 2.75) is 80.4 Å². The van der Waals surface area contributed by atoms with Gasteiger partial charge < -0.3 is 67.1 Å². The first-order valence-electron chi connectivity index (χ1n) is 23.7. The van der Waals surface area contributed by atoms with Gasteiger partial charge >= 0.3 is 12.0 Å². The number of hydrogen-bond acceptors (Lipinski definition) is 19. The van der Waals surface area contributed by atoms with E-state index in [0.717, 1.165) is 30.6 Å². The molecule has 24 nitrogen and oxygen atoms in total. The van der Waals surface area contributed by atoms with E-state index in [4.69, 9.17) is 30.5 Å². The smallest absolute Gasteiger partial charge is 0.326 e. The number of aliphatic imine (C=N–C) groups is 1. The van der Waals surface area contributed by atoms with Crippen molar-refractivity contribution in [3.8, 4) is 0 Å². The molecule has 5 atom stereocenters. The molecule has 1 saturated carbocycles. The van der Waals surface area contributed by atoms with Crippen molar-refractivity contribution in [2.75, 3.05) is 96.3 Å². The van der Waals surface area contributed by atoms with Crippen LogP contribution in [0, 0.1) is 0 Å². The van der Waals surface area contributed by atoms with Gasteiger partial charge in [-0.2, -0.15) is 21.8 Å². The normalized spacial score (nSPS) is 20.0. The highest BCUT2D eigenvalue weighted by Crippen LogP contribution is 2.45. The van der Waals surface area contributed by atoms with Gasteiger partial charge in [-0.25, -0.2) is 19.6 Å². The van der Waals surface area contributed by atoms with E-state index in [9.17, 15) is 29.1 Å². The monoisotopic (exact) mass is 1010 g/mol. The fourth-order valence-corrected chi connectivity index (χ4v) is 9.81. The van der Waals surface area contributed by atoms with Gasteiger partial charge in [0.15, 0.2) is 11.2 Å². The van der Waals surface area contributed by atoms with Crippen LogP contribution in [-0.4, -0.2) is 180 Å². The van der Waals surface area contributed by atoms with Gasteiger partial charge in [0.1, 0.15) is 11.8 Å². The third-order valence-corrected chi connectivity index (χ3v) is 13.7. The number of hydrogen-bond donors (Lipinski definition) is 9. The predicted molar refractivity (Wildman–Crippen MR) is 269 cm³/mol. The second-order valence-corrected chi connectivity index (χ2v) is 18.6. The van der Waals surface area contributed by atoms with Gasteiger partial charge in [-0.15, -0.1) is 0 Å². The van der Waals surface area contributed by atoms with E-state index in [-0.39, 0.29) is 66.3 Å². The number of benzene rings is 1. The Morgan fingerprint density at radius 3 is 2.51 bits per heavy atom. The Morgan fingerprint density at radius 1 is 1.04 bits per heavy atom. The van der Waals surface area contributed by atoms with Gasteiger partial charge in [-0.05, 0) is 56.4 Å². The van der Waals surface area contributed by atoms with Gasteiger partial charge in [-0.3, -0.25) is 24.4 Å². The van der Waals surface area contributed by atoms with Crippen molar-refractivity contribution in [1.82, 2.24) is 46.1 Å². The summed E-state index contributed by atoms with van der Waals surface area (Å²) in [6.07, 6.45) is 7.59. The number of amides is 4. The summed E-state index contributed by atoms with van der Waals surface area (Å²) in [6, 6.07) is 5.89. The molecule has 386 valence electrons. The van der Waals surface area contributed by atoms with Gasteiger partial charge in [-0.1, -0.05) is 18.6 Å². The molecule has 2 aliphatic heterocycles. The van der Waals surface area contributed by atoms with Crippen LogP contribution in [0.1, 0.15) is 61.0 Å². The molecular formula is C46H66N14O10S. The van der Waals surface area contributed by atoms with Crippen molar-refractivity contribution < 1.29 is 43.2 Å². The second kappa shape index (κ2) is 27.4. The number of nitrogens with one attached hydrogen (secondary N) is 6. The molecule has 0 radical (unpaired) electrons. The number of rotatable bonds is 33. The number of H-pyrrole nitrogens is 1. The van der Waals surface area contributed by atoms with E-state index in [0.29, 0.717) is 107 Å². The third-order valence-electron chi connectivity index (χ3n) is 12.2. The van der Waals surface area contributed by atoms with E-state index < -0.39 is 29.0 Å². The van der Waals surface area contributed by atoms with E-state index in [1.165, 1.54) is 12.4 Å². The number of ether oxygens (including phenoxy) is 4. The summed E-state index contributed by atoms with van der Waals surface area (Å²) < 4.78 is 22.4. The maximum Gasteiger partial charge on any atom is 0.326 e. The molecular weight excluding hydrogens is 941 g/mol. The van der Waals surface area contributed by atoms with Crippen molar-refractivity contribution in [1.29, 1.82) is 0 Å². The number of urea groups is 1. The Balaban J connectivity index is 0.737. The molecule has 11 N–H and O–H groups in total. The number of nitrogens with two attached hydrogens (primary N) is 2.